The van der Waals surface area contributed by atoms with Crippen molar-refractivity contribution in [3.63, 3.8) is 0 Å². The van der Waals surface area contributed by atoms with E-state index < -0.39 is 12.8 Å². The molecule has 0 heterocycles. The van der Waals surface area contributed by atoms with Crippen LogP contribution in [0.1, 0.15) is 13.8 Å². The highest BCUT2D eigenvalue weighted by atomic mass is 31.2. The van der Waals surface area contributed by atoms with E-state index in [-0.39, 0.29) is 6.54 Å². The molecular formula is C4H12NO3P. The summed E-state index contributed by atoms with van der Waals surface area (Å²) in [6, 6.07) is 0. The van der Waals surface area contributed by atoms with Gasteiger partial charge in [0.05, 0.1) is 5.16 Å². The third-order valence-electron chi connectivity index (χ3n) is 1.29. The van der Waals surface area contributed by atoms with Gasteiger partial charge in [-0.25, -0.2) is 0 Å². The lowest BCUT2D eigenvalue weighted by Crippen LogP contribution is -2.30. The number of rotatable bonds is 2. The first-order chi connectivity index (χ1) is 3.81. The van der Waals surface area contributed by atoms with Crippen molar-refractivity contribution in [2.45, 2.75) is 19.0 Å². The Labute approximate surface area is 54.2 Å². The van der Waals surface area contributed by atoms with Crippen LogP contribution in [0, 0.1) is 0 Å². The molecule has 0 fully saturated rings. The molecule has 5 heteroatoms. The third-order valence-corrected chi connectivity index (χ3v) is 3.05. The van der Waals surface area contributed by atoms with Gasteiger partial charge in [-0.1, -0.05) is 0 Å². The van der Waals surface area contributed by atoms with Crippen LogP contribution in [0.5, 0.6) is 0 Å². The van der Waals surface area contributed by atoms with Crippen molar-refractivity contribution in [1.82, 2.24) is 0 Å². The molecule has 0 aromatic rings. The molecular weight excluding hydrogens is 141 g/mol. The molecule has 0 spiro atoms. The van der Waals surface area contributed by atoms with Gasteiger partial charge in [-0.2, -0.15) is 0 Å². The van der Waals surface area contributed by atoms with E-state index in [0.717, 1.165) is 0 Å². The van der Waals surface area contributed by atoms with Crippen LogP contribution in [0.2, 0.25) is 0 Å². The Hall–Kier alpha value is 0.110. The molecule has 0 rings (SSSR count). The van der Waals surface area contributed by atoms with Crippen molar-refractivity contribution in [1.29, 1.82) is 0 Å². The highest BCUT2D eigenvalue weighted by Crippen LogP contribution is 2.49. The minimum absolute atomic E-state index is 0.00270. The molecule has 56 valence electrons. The van der Waals surface area contributed by atoms with Crippen LogP contribution in [-0.2, 0) is 4.57 Å². The van der Waals surface area contributed by atoms with Crippen molar-refractivity contribution in [3.8, 4) is 0 Å². The zero-order chi connectivity index (χ0) is 7.71. The van der Waals surface area contributed by atoms with Gasteiger partial charge in [0, 0.05) is 6.54 Å². The topological polar surface area (TPSA) is 83.6 Å². The monoisotopic (exact) mass is 153 g/mol. The lowest BCUT2D eigenvalue weighted by atomic mass is 10.2. The van der Waals surface area contributed by atoms with Gasteiger partial charge in [-0.3, -0.25) is 4.57 Å². The zero-order valence-corrected chi connectivity index (χ0v) is 6.43. The Morgan fingerprint density at radius 1 is 1.56 bits per heavy atom. The van der Waals surface area contributed by atoms with Crippen LogP contribution >= 0.6 is 7.60 Å². The molecule has 0 aliphatic carbocycles. The molecule has 0 atom stereocenters. The number of hydrogen-bond donors (Lipinski definition) is 3. The molecule has 0 aromatic heterocycles. The van der Waals surface area contributed by atoms with Crippen LogP contribution in [0.15, 0.2) is 0 Å². The van der Waals surface area contributed by atoms with Crippen LogP contribution in [-0.4, -0.2) is 21.5 Å². The molecule has 0 radical (unpaired) electrons. The summed E-state index contributed by atoms with van der Waals surface area (Å²) in [7, 11) is -3.99. The van der Waals surface area contributed by atoms with Crippen molar-refractivity contribution in [3.05, 3.63) is 0 Å². The summed E-state index contributed by atoms with van der Waals surface area (Å²) in [5, 5.41) is -1.08. The van der Waals surface area contributed by atoms with E-state index in [4.69, 9.17) is 15.5 Å². The summed E-state index contributed by atoms with van der Waals surface area (Å²) in [5.41, 5.74) is 5.10. The fourth-order valence-corrected chi connectivity index (χ4v) is 0.357. The largest absolute Gasteiger partial charge is 0.332 e. The first-order valence-electron chi connectivity index (χ1n) is 2.57. The Kier molecular flexibility index (Phi) is 2.41. The normalized spacial score (nSPS) is 13.9. The summed E-state index contributed by atoms with van der Waals surface area (Å²) in [5.74, 6) is 0. The van der Waals surface area contributed by atoms with E-state index in [1.165, 1.54) is 13.8 Å². The highest BCUT2D eigenvalue weighted by molar-refractivity contribution is 7.53. The average Bonchev–Trinajstić information content (AvgIpc) is 1.64. The number of nitrogens with two attached hydrogens (primary N) is 1. The molecule has 9 heavy (non-hydrogen) atoms. The van der Waals surface area contributed by atoms with E-state index in [9.17, 15) is 4.57 Å². The Balaban J connectivity index is 4.34. The van der Waals surface area contributed by atoms with Gasteiger partial charge in [0.25, 0.3) is 0 Å². The van der Waals surface area contributed by atoms with Crippen molar-refractivity contribution < 1.29 is 14.4 Å². The second kappa shape index (κ2) is 2.39. The predicted molar refractivity (Wildman–Crippen MR) is 35.2 cm³/mol. The maximum absolute atomic E-state index is 10.5. The van der Waals surface area contributed by atoms with Crippen molar-refractivity contribution >= 4 is 7.60 Å². The lowest BCUT2D eigenvalue weighted by molar-refractivity contribution is 0.338. The fourth-order valence-electron chi connectivity index (χ4n) is 0.119. The quantitative estimate of drug-likeness (QED) is 0.484. The molecule has 0 saturated carbocycles. The molecule has 0 bridgehead atoms. The Bertz CT molecular complexity index is 139. The smallest absolute Gasteiger partial charge is 0.329 e. The lowest BCUT2D eigenvalue weighted by Gasteiger charge is -2.22. The van der Waals surface area contributed by atoms with Crippen LogP contribution in [0.25, 0.3) is 0 Å². The first-order valence-corrected chi connectivity index (χ1v) is 4.18. The van der Waals surface area contributed by atoms with Crippen LogP contribution < -0.4 is 5.73 Å². The van der Waals surface area contributed by atoms with Crippen molar-refractivity contribution in [2.75, 3.05) is 6.54 Å². The van der Waals surface area contributed by atoms with E-state index in [1.54, 1.807) is 0 Å². The molecule has 0 amide bonds. The molecule has 0 aliphatic rings. The minimum atomic E-state index is -3.99. The highest BCUT2D eigenvalue weighted by Gasteiger charge is 2.35. The van der Waals surface area contributed by atoms with Gasteiger partial charge >= 0.3 is 7.60 Å². The second-order valence-electron chi connectivity index (χ2n) is 2.56. The number of hydrogen-bond acceptors (Lipinski definition) is 2. The second-order valence-corrected chi connectivity index (χ2v) is 4.86. The molecule has 0 saturated heterocycles. The Morgan fingerprint density at radius 2 is 1.89 bits per heavy atom. The van der Waals surface area contributed by atoms with Crippen molar-refractivity contribution in [2.24, 2.45) is 5.73 Å². The maximum Gasteiger partial charge on any atom is 0.332 e. The van der Waals surface area contributed by atoms with Gasteiger partial charge in [0.15, 0.2) is 0 Å². The van der Waals surface area contributed by atoms with Gasteiger partial charge in [0.1, 0.15) is 0 Å². The zero-order valence-electron chi connectivity index (χ0n) is 5.53. The van der Waals surface area contributed by atoms with Gasteiger partial charge in [-0.15, -0.1) is 0 Å². The first kappa shape index (κ1) is 9.11. The van der Waals surface area contributed by atoms with Gasteiger partial charge in [-0.05, 0) is 13.8 Å². The summed E-state index contributed by atoms with van der Waals surface area (Å²) in [6.07, 6.45) is 0. The van der Waals surface area contributed by atoms with E-state index in [2.05, 4.69) is 0 Å². The SMILES string of the molecule is CC(C)(CN)P(=O)(O)O. The maximum atomic E-state index is 10.5. The molecule has 0 aliphatic heterocycles. The third kappa shape index (κ3) is 2.06. The molecule has 0 aromatic carbocycles. The van der Waals surface area contributed by atoms with E-state index in [1.807, 2.05) is 0 Å². The summed E-state index contributed by atoms with van der Waals surface area (Å²) in [4.78, 5) is 17.2. The van der Waals surface area contributed by atoms with Gasteiger partial charge < -0.3 is 15.5 Å². The molecule has 4 nitrogen and oxygen atoms in total. The molecule has 0 unspecified atom stereocenters. The Morgan fingerprint density at radius 3 is 1.89 bits per heavy atom. The minimum Gasteiger partial charge on any atom is -0.329 e. The predicted octanol–water partition coefficient (Wildman–Crippen LogP) is -0.0986. The summed E-state index contributed by atoms with van der Waals surface area (Å²) in [6.45, 7) is 2.87. The summed E-state index contributed by atoms with van der Waals surface area (Å²) >= 11 is 0. The average molecular weight is 153 g/mol. The molecule has 4 N–H and O–H groups in total. The van der Waals surface area contributed by atoms with Gasteiger partial charge in [0.2, 0.25) is 0 Å². The standard InChI is InChI=1S/C4H12NO3P/c1-4(2,3-5)9(6,7)8/h3,5H2,1-2H3,(H2,6,7,8). The van der Waals surface area contributed by atoms with E-state index in [0.29, 0.717) is 0 Å². The van der Waals surface area contributed by atoms with Crippen LogP contribution in [0.3, 0.4) is 0 Å². The fraction of sp³-hybridized carbons (Fsp3) is 1.00. The van der Waals surface area contributed by atoms with E-state index >= 15 is 0 Å². The van der Waals surface area contributed by atoms with Crippen LogP contribution in [0.4, 0.5) is 0 Å². The summed E-state index contributed by atoms with van der Waals surface area (Å²) < 4.78 is 10.5.